The van der Waals surface area contributed by atoms with Crippen molar-refractivity contribution in [3.63, 3.8) is 0 Å². The molecule has 1 aromatic carbocycles. The monoisotopic (exact) mass is 372 g/mol. The highest BCUT2D eigenvalue weighted by atomic mass is 16.6. The molecule has 0 unspecified atom stereocenters. The number of aliphatic hydroxyl groups is 1. The molecule has 1 saturated carbocycles. The van der Waals surface area contributed by atoms with Gasteiger partial charge in [-0.1, -0.05) is 12.1 Å². The third-order valence-corrected chi connectivity index (χ3v) is 6.08. The largest absolute Gasteiger partial charge is 0.444 e. The van der Waals surface area contributed by atoms with Crippen molar-refractivity contribution >= 4 is 23.5 Å². The van der Waals surface area contributed by atoms with Gasteiger partial charge in [-0.2, -0.15) is 0 Å². The van der Waals surface area contributed by atoms with Crippen LogP contribution in [-0.2, 0) is 19.7 Å². The van der Waals surface area contributed by atoms with Crippen molar-refractivity contribution in [1.29, 1.82) is 0 Å². The Hall–Kier alpha value is -2.41. The second-order valence-corrected chi connectivity index (χ2v) is 7.89. The Bertz CT molecular complexity index is 777. The standard InChI is InChI=1S/C20H24N2O5/c1-13(24)2-7-17-10-22(19(26)27-17)16-5-3-14(4-6-16)20-8-15(20)9-21(12-20)18(25)11-23/h3-6,15,17,23H,2,7-12H2,1H3/t15-,17-,20+/m0/s1. The van der Waals surface area contributed by atoms with Crippen molar-refractivity contribution in [3.05, 3.63) is 29.8 Å². The molecule has 0 aromatic heterocycles. The van der Waals surface area contributed by atoms with E-state index in [2.05, 4.69) is 0 Å². The molecule has 1 N–H and O–H groups in total. The van der Waals surface area contributed by atoms with E-state index in [0.29, 0.717) is 38.4 Å². The topological polar surface area (TPSA) is 87.2 Å². The first-order chi connectivity index (χ1) is 12.9. The van der Waals surface area contributed by atoms with Gasteiger partial charge in [-0.15, -0.1) is 0 Å². The number of anilines is 1. The van der Waals surface area contributed by atoms with Crippen molar-refractivity contribution in [2.45, 2.75) is 37.7 Å². The van der Waals surface area contributed by atoms with Gasteiger partial charge in [0.05, 0.1) is 6.54 Å². The van der Waals surface area contributed by atoms with Crippen LogP contribution in [0.2, 0.25) is 0 Å². The average molecular weight is 372 g/mol. The summed E-state index contributed by atoms with van der Waals surface area (Å²) in [6, 6.07) is 7.89. The third-order valence-electron chi connectivity index (χ3n) is 6.08. The van der Waals surface area contributed by atoms with Crippen LogP contribution in [-0.4, -0.2) is 60.1 Å². The van der Waals surface area contributed by atoms with E-state index in [4.69, 9.17) is 9.84 Å². The lowest BCUT2D eigenvalue weighted by Gasteiger charge is -2.21. The molecule has 2 aliphatic heterocycles. The van der Waals surface area contributed by atoms with Crippen LogP contribution >= 0.6 is 0 Å². The van der Waals surface area contributed by atoms with E-state index in [-0.39, 0.29) is 29.3 Å². The fraction of sp³-hybridized carbons (Fsp3) is 0.550. The van der Waals surface area contributed by atoms with Crippen molar-refractivity contribution in [2.24, 2.45) is 5.92 Å². The zero-order valence-corrected chi connectivity index (χ0v) is 15.4. The van der Waals surface area contributed by atoms with Crippen LogP contribution in [0.4, 0.5) is 10.5 Å². The number of cyclic esters (lactones) is 1. The minimum absolute atomic E-state index is 0.00109. The SMILES string of the molecule is CC(=O)CC[C@H]1CN(c2ccc([C@]34C[C@H]3CN(C(=O)CO)C4)cc2)C(=O)O1. The lowest BCUT2D eigenvalue weighted by atomic mass is 9.94. The van der Waals surface area contributed by atoms with Crippen molar-refractivity contribution in [3.8, 4) is 0 Å². The number of benzene rings is 1. The van der Waals surface area contributed by atoms with Gasteiger partial charge in [-0.05, 0) is 43.4 Å². The number of ketones is 1. The van der Waals surface area contributed by atoms with E-state index in [1.165, 1.54) is 12.5 Å². The lowest BCUT2D eigenvalue weighted by Crippen LogP contribution is -2.34. The summed E-state index contributed by atoms with van der Waals surface area (Å²) in [5, 5.41) is 9.06. The van der Waals surface area contributed by atoms with Crippen molar-refractivity contribution < 1.29 is 24.2 Å². The molecule has 3 atom stereocenters. The number of aliphatic hydroxyl groups excluding tert-OH is 1. The normalized spacial score (nSPS) is 28.9. The van der Waals surface area contributed by atoms with Crippen LogP contribution in [0.1, 0.15) is 31.7 Å². The number of hydrogen-bond donors (Lipinski definition) is 1. The van der Waals surface area contributed by atoms with Crippen LogP contribution in [0, 0.1) is 5.92 Å². The molecule has 7 heteroatoms. The molecule has 0 radical (unpaired) electrons. The van der Waals surface area contributed by atoms with Gasteiger partial charge in [0.25, 0.3) is 0 Å². The third kappa shape index (κ3) is 3.20. The summed E-state index contributed by atoms with van der Waals surface area (Å²) in [5.41, 5.74) is 1.95. The predicted molar refractivity (Wildman–Crippen MR) is 97.4 cm³/mol. The van der Waals surface area contributed by atoms with Gasteiger partial charge >= 0.3 is 6.09 Å². The number of Topliss-reactive ketones (excluding diaryl/α,β-unsaturated/α-hetero) is 1. The molecular weight excluding hydrogens is 348 g/mol. The van der Waals surface area contributed by atoms with Crippen molar-refractivity contribution in [1.82, 2.24) is 4.90 Å². The van der Waals surface area contributed by atoms with Gasteiger partial charge in [-0.25, -0.2) is 4.79 Å². The van der Waals surface area contributed by atoms with E-state index >= 15 is 0 Å². The highest BCUT2D eigenvalue weighted by Crippen LogP contribution is 2.59. The average Bonchev–Trinajstić information content (AvgIpc) is 3.03. The molecule has 0 bridgehead atoms. The van der Waals surface area contributed by atoms with Crippen LogP contribution in [0.5, 0.6) is 0 Å². The molecule has 3 aliphatic rings. The number of carbonyl (C=O) groups excluding carboxylic acids is 3. The van der Waals surface area contributed by atoms with E-state index < -0.39 is 6.61 Å². The predicted octanol–water partition coefficient (Wildman–Crippen LogP) is 1.47. The number of piperidine rings is 1. The molecule has 1 aliphatic carbocycles. The Balaban J connectivity index is 1.42. The maximum atomic E-state index is 12.1. The van der Waals surface area contributed by atoms with Crippen LogP contribution in [0.3, 0.4) is 0 Å². The number of rotatable bonds is 6. The number of amides is 2. The molecular formula is C20H24N2O5. The van der Waals surface area contributed by atoms with E-state index in [1.807, 2.05) is 24.3 Å². The Morgan fingerprint density at radius 2 is 2.00 bits per heavy atom. The molecule has 0 spiro atoms. The maximum Gasteiger partial charge on any atom is 0.414 e. The quantitative estimate of drug-likeness (QED) is 0.817. The van der Waals surface area contributed by atoms with E-state index in [1.54, 1.807) is 9.80 Å². The molecule has 2 amide bonds. The number of hydrogen-bond acceptors (Lipinski definition) is 5. The maximum absolute atomic E-state index is 12.1. The van der Waals surface area contributed by atoms with Gasteiger partial charge < -0.3 is 19.5 Å². The molecule has 2 heterocycles. The Morgan fingerprint density at radius 3 is 2.67 bits per heavy atom. The first-order valence-corrected chi connectivity index (χ1v) is 9.40. The molecule has 4 rings (SSSR count). The number of nitrogens with zero attached hydrogens (tertiary/aromatic N) is 2. The summed E-state index contributed by atoms with van der Waals surface area (Å²) in [6.45, 7) is 2.91. The highest BCUT2D eigenvalue weighted by Gasteiger charge is 2.61. The van der Waals surface area contributed by atoms with Crippen LogP contribution in [0.15, 0.2) is 24.3 Å². The summed E-state index contributed by atoms with van der Waals surface area (Å²) in [7, 11) is 0. The van der Waals surface area contributed by atoms with Gasteiger partial charge in [-0.3, -0.25) is 9.69 Å². The summed E-state index contributed by atoms with van der Waals surface area (Å²) in [6.07, 6.45) is 1.40. The van der Waals surface area contributed by atoms with Gasteiger partial charge in [0.2, 0.25) is 5.91 Å². The number of carbonyl (C=O) groups is 3. The Kier molecular flexibility index (Phi) is 4.42. The smallest absolute Gasteiger partial charge is 0.414 e. The zero-order chi connectivity index (χ0) is 19.2. The molecule has 1 aromatic rings. The van der Waals surface area contributed by atoms with E-state index in [0.717, 1.165) is 12.1 Å². The molecule has 7 nitrogen and oxygen atoms in total. The van der Waals surface area contributed by atoms with Crippen LogP contribution < -0.4 is 4.90 Å². The first-order valence-electron chi connectivity index (χ1n) is 9.40. The Morgan fingerprint density at radius 1 is 1.26 bits per heavy atom. The highest BCUT2D eigenvalue weighted by molar-refractivity contribution is 5.89. The van der Waals surface area contributed by atoms with E-state index in [9.17, 15) is 14.4 Å². The van der Waals surface area contributed by atoms with Gasteiger partial charge in [0.1, 0.15) is 18.5 Å². The number of likely N-dealkylation sites (tertiary alicyclic amines) is 1. The Labute approximate surface area is 157 Å². The zero-order valence-electron chi connectivity index (χ0n) is 15.4. The molecule has 144 valence electrons. The summed E-state index contributed by atoms with van der Waals surface area (Å²) in [4.78, 5) is 38.3. The van der Waals surface area contributed by atoms with Gasteiger partial charge in [0, 0.05) is 30.6 Å². The summed E-state index contributed by atoms with van der Waals surface area (Å²) < 4.78 is 5.36. The van der Waals surface area contributed by atoms with Crippen molar-refractivity contribution in [2.75, 3.05) is 31.1 Å². The summed E-state index contributed by atoms with van der Waals surface area (Å²) >= 11 is 0. The second-order valence-electron chi connectivity index (χ2n) is 7.89. The minimum Gasteiger partial charge on any atom is -0.444 e. The number of fused-ring (bicyclic) bond motifs is 1. The van der Waals surface area contributed by atoms with Crippen LogP contribution in [0.25, 0.3) is 0 Å². The minimum atomic E-state index is -0.441. The second kappa shape index (κ2) is 6.64. The lowest BCUT2D eigenvalue weighted by molar-refractivity contribution is -0.133. The first kappa shape index (κ1) is 18.0. The summed E-state index contributed by atoms with van der Waals surface area (Å²) in [5.74, 6) is 0.332. The molecule has 3 fully saturated rings. The molecule has 27 heavy (non-hydrogen) atoms. The fourth-order valence-corrected chi connectivity index (χ4v) is 4.44. The van der Waals surface area contributed by atoms with Gasteiger partial charge in [0.15, 0.2) is 0 Å². The number of ether oxygens (including phenoxy) is 1. The molecule has 2 saturated heterocycles. The fourth-order valence-electron chi connectivity index (χ4n) is 4.44.